The van der Waals surface area contributed by atoms with E-state index in [1.807, 2.05) is 0 Å². The summed E-state index contributed by atoms with van der Waals surface area (Å²) in [5, 5.41) is 3.54. The second-order valence-electron chi connectivity index (χ2n) is 6.50. The molecular formula is C16H32N2O. The number of hydrogen-bond donors (Lipinski definition) is 1. The molecule has 4 unspecified atom stereocenters. The first-order valence-corrected chi connectivity index (χ1v) is 8.23. The van der Waals surface area contributed by atoms with Crippen LogP contribution in [0.1, 0.15) is 51.9 Å². The van der Waals surface area contributed by atoms with Crippen LogP contribution in [0.3, 0.4) is 0 Å². The van der Waals surface area contributed by atoms with Crippen LogP contribution in [0.25, 0.3) is 0 Å². The molecule has 1 aliphatic heterocycles. The summed E-state index contributed by atoms with van der Waals surface area (Å²) >= 11 is 0. The average molecular weight is 268 g/mol. The van der Waals surface area contributed by atoms with Gasteiger partial charge < -0.3 is 10.1 Å². The van der Waals surface area contributed by atoms with Gasteiger partial charge in [0.2, 0.25) is 0 Å². The summed E-state index contributed by atoms with van der Waals surface area (Å²) in [4.78, 5) is 2.57. The number of ether oxygens (including phenoxy) is 1. The molecule has 19 heavy (non-hydrogen) atoms. The molecule has 112 valence electrons. The second-order valence-corrected chi connectivity index (χ2v) is 6.50. The summed E-state index contributed by atoms with van der Waals surface area (Å²) in [6, 6.07) is 1.36. The Morgan fingerprint density at radius 2 is 2.11 bits per heavy atom. The van der Waals surface area contributed by atoms with Gasteiger partial charge in [0.15, 0.2) is 0 Å². The van der Waals surface area contributed by atoms with E-state index in [0.29, 0.717) is 18.2 Å². The maximum absolute atomic E-state index is 5.80. The molecule has 2 rings (SSSR count). The van der Waals surface area contributed by atoms with Crippen molar-refractivity contribution in [2.24, 2.45) is 5.92 Å². The van der Waals surface area contributed by atoms with Gasteiger partial charge in [-0.15, -0.1) is 0 Å². The van der Waals surface area contributed by atoms with E-state index in [0.717, 1.165) is 19.1 Å². The summed E-state index contributed by atoms with van der Waals surface area (Å²) < 4.78 is 5.80. The molecule has 0 radical (unpaired) electrons. The van der Waals surface area contributed by atoms with Crippen molar-refractivity contribution in [3.05, 3.63) is 0 Å². The van der Waals surface area contributed by atoms with Crippen LogP contribution >= 0.6 is 0 Å². The van der Waals surface area contributed by atoms with E-state index in [1.54, 1.807) is 0 Å². The van der Waals surface area contributed by atoms with Crippen LogP contribution in [-0.4, -0.2) is 50.3 Å². The number of nitrogens with zero attached hydrogens (tertiary/aromatic N) is 1. The molecule has 0 aromatic carbocycles. The van der Waals surface area contributed by atoms with Crippen molar-refractivity contribution in [2.45, 2.75) is 70.1 Å². The summed E-state index contributed by atoms with van der Waals surface area (Å²) in [5.74, 6) is 0.937. The predicted molar refractivity (Wildman–Crippen MR) is 80.5 cm³/mol. The smallest absolute Gasteiger partial charge is 0.0702 e. The summed E-state index contributed by atoms with van der Waals surface area (Å²) in [6.45, 7) is 4.40. The van der Waals surface area contributed by atoms with Crippen LogP contribution < -0.4 is 5.32 Å². The van der Waals surface area contributed by atoms with Crippen LogP contribution in [0.2, 0.25) is 0 Å². The molecular weight excluding hydrogens is 236 g/mol. The molecule has 3 heteroatoms. The number of hydrogen-bond acceptors (Lipinski definition) is 3. The highest BCUT2D eigenvalue weighted by atomic mass is 16.5. The number of likely N-dealkylation sites (N-methyl/N-ethyl adjacent to an activating group) is 2. The third-order valence-corrected chi connectivity index (χ3v) is 5.07. The average Bonchev–Trinajstić information content (AvgIpc) is 2.92. The van der Waals surface area contributed by atoms with E-state index < -0.39 is 0 Å². The van der Waals surface area contributed by atoms with Crippen molar-refractivity contribution in [1.29, 1.82) is 0 Å². The van der Waals surface area contributed by atoms with E-state index in [2.05, 4.69) is 31.2 Å². The van der Waals surface area contributed by atoms with Gasteiger partial charge in [-0.25, -0.2) is 0 Å². The molecule has 4 atom stereocenters. The highest BCUT2D eigenvalue weighted by Crippen LogP contribution is 2.31. The van der Waals surface area contributed by atoms with Gasteiger partial charge >= 0.3 is 0 Å². The fraction of sp³-hybridized carbons (Fsp3) is 1.00. The standard InChI is InChI=1S/C16H32N2O/c1-4-6-13-8-9-15(17-2)16(11-13)18(3)12-14-7-5-10-19-14/h13-17H,4-12H2,1-3H3. The zero-order valence-corrected chi connectivity index (χ0v) is 13.0. The minimum Gasteiger partial charge on any atom is -0.377 e. The fourth-order valence-corrected chi connectivity index (χ4v) is 3.97. The van der Waals surface area contributed by atoms with Gasteiger partial charge in [-0.1, -0.05) is 19.8 Å². The van der Waals surface area contributed by atoms with Crippen LogP contribution in [0.5, 0.6) is 0 Å². The van der Waals surface area contributed by atoms with Gasteiger partial charge in [-0.05, 0) is 52.1 Å². The molecule has 1 aliphatic carbocycles. The molecule has 1 heterocycles. The molecule has 3 nitrogen and oxygen atoms in total. The minimum absolute atomic E-state index is 0.481. The third kappa shape index (κ3) is 4.17. The SMILES string of the molecule is CCCC1CCC(NC)C(N(C)CC2CCCO2)C1. The second kappa shape index (κ2) is 7.61. The van der Waals surface area contributed by atoms with E-state index >= 15 is 0 Å². The zero-order chi connectivity index (χ0) is 13.7. The lowest BCUT2D eigenvalue weighted by molar-refractivity contribution is 0.0447. The van der Waals surface area contributed by atoms with Crippen LogP contribution in [0, 0.1) is 5.92 Å². The van der Waals surface area contributed by atoms with Crippen molar-refractivity contribution < 1.29 is 4.74 Å². The largest absolute Gasteiger partial charge is 0.377 e. The number of nitrogens with one attached hydrogen (secondary N) is 1. The first-order chi connectivity index (χ1) is 9.24. The van der Waals surface area contributed by atoms with Gasteiger partial charge in [0.25, 0.3) is 0 Å². The monoisotopic (exact) mass is 268 g/mol. The van der Waals surface area contributed by atoms with E-state index in [4.69, 9.17) is 4.74 Å². The molecule has 0 bridgehead atoms. The molecule has 2 aliphatic rings. The normalized spacial score (nSPS) is 36.0. The molecule has 0 aromatic heterocycles. The molecule has 0 spiro atoms. The van der Waals surface area contributed by atoms with Crippen molar-refractivity contribution in [3.63, 3.8) is 0 Å². The highest BCUT2D eigenvalue weighted by Gasteiger charge is 2.33. The highest BCUT2D eigenvalue weighted by molar-refractivity contribution is 4.90. The summed E-state index contributed by atoms with van der Waals surface area (Å²) in [7, 11) is 4.42. The zero-order valence-electron chi connectivity index (χ0n) is 13.0. The quantitative estimate of drug-likeness (QED) is 0.801. The maximum Gasteiger partial charge on any atom is 0.0702 e. The van der Waals surface area contributed by atoms with Crippen LogP contribution in [0.4, 0.5) is 0 Å². The summed E-state index contributed by atoms with van der Waals surface area (Å²) in [6.07, 6.45) is 9.82. The van der Waals surface area contributed by atoms with Crippen molar-refractivity contribution in [2.75, 3.05) is 27.2 Å². The van der Waals surface area contributed by atoms with Gasteiger partial charge in [0.05, 0.1) is 6.10 Å². The Labute approximate surface area is 119 Å². The molecule has 2 fully saturated rings. The molecule has 1 saturated carbocycles. The Bertz CT molecular complexity index is 253. The van der Waals surface area contributed by atoms with Crippen LogP contribution in [0.15, 0.2) is 0 Å². The van der Waals surface area contributed by atoms with Crippen LogP contribution in [-0.2, 0) is 4.74 Å². The Balaban J connectivity index is 1.88. The lowest BCUT2D eigenvalue weighted by atomic mass is 9.79. The molecule has 0 amide bonds. The Kier molecular flexibility index (Phi) is 6.11. The topological polar surface area (TPSA) is 24.5 Å². The predicted octanol–water partition coefficient (Wildman–Crippen LogP) is 2.65. The van der Waals surface area contributed by atoms with Crippen molar-refractivity contribution in [1.82, 2.24) is 10.2 Å². The van der Waals surface area contributed by atoms with Gasteiger partial charge in [0.1, 0.15) is 0 Å². The van der Waals surface area contributed by atoms with Crippen molar-refractivity contribution in [3.8, 4) is 0 Å². The van der Waals surface area contributed by atoms with Gasteiger partial charge in [0, 0.05) is 25.2 Å². The Morgan fingerprint density at radius 1 is 1.26 bits per heavy atom. The van der Waals surface area contributed by atoms with Gasteiger partial charge in [-0.3, -0.25) is 4.90 Å². The summed E-state index contributed by atoms with van der Waals surface area (Å²) in [5.41, 5.74) is 0. The lowest BCUT2D eigenvalue weighted by Gasteiger charge is -2.42. The first-order valence-electron chi connectivity index (χ1n) is 8.23. The third-order valence-electron chi connectivity index (χ3n) is 5.07. The Hall–Kier alpha value is -0.120. The van der Waals surface area contributed by atoms with E-state index in [-0.39, 0.29) is 0 Å². The van der Waals surface area contributed by atoms with Crippen molar-refractivity contribution >= 4 is 0 Å². The fourth-order valence-electron chi connectivity index (χ4n) is 3.97. The van der Waals surface area contributed by atoms with E-state index in [9.17, 15) is 0 Å². The number of rotatable bonds is 6. The first kappa shape index (κ1) is 15.3. The molecule has 1 N–H and O–H groups in total. The minimum atomic E-state index is 0.481. The molecule has 0 aromatic rings. The lowest BCUT2D eigenvalue weighted by Crippen LogP contribution is -2.52. The molecule has 1 saturated heterocycles. The van der Waals surface area contributed by atoms with Gasteiger partial charge in [-0.2, -0.15) is 0 Å². The Morgan fingerprint density at radius 3 is 2.74 bits per heavy atom. The van der Waals surface area contributed by atoms with E-state index in [1.165, 1.54) is 44.9 Å². The maximum atomic E-state index is 5.80.